The summed E-state index contributed by atoms with van der Waals surface area (Å²) in [6, 6.07) is 0. The Bertz CT molecular complexity index is 264. The van der Waals surface area contributed by atoms with Crippen LogP contribution in [0.5, 0.6) is 0 Å². The SMILES string of the molecule is CCOC(=O)C(CC(C)C)(CC(C)C)[N+](=O)[O-]. The molecule has 0 atom stereocenters. The second-order valence-corrected chi connectivity index (χ2v) is 5.21. The molecule has 0 radical (unpaired) electrons. The van der Waals surface area contributed by atoms with Gasteiger partial charge >= 0.3 is 11.5 Å². The normalized spacial score (nSPS) is 11.9. The molecule has 0 N–H and O–H groups in total. The van der Waals surface area contributed by atoms with E-state index in [9.17, 15) is 14.9 Å². The highest BCUT2D eigenvalue weighted by atomic mass is 16.6. The lowest BCUT2D eigenvalue weighted by molar-refractivity contribution is -0.560. The largest absolute Gasteiger partial charge is 0.461 e. The molecule has 0 amide bonds. The standard InChI is InChI=1S/C12H23NO4/c1-6-17-11(14)12(13(15)16,7-9(2)3)8-10(4)5/h9-10H,6-8H2,1-5H3. The van der Waals surface area contributed by atoms with Gasteiger partial charge in [0.25, 0.3) is 0 Å². The molecule has 0 aliphatic rings. The van der Waals surface area contributed by atoms with Crippen LogP contribution in [0.15, 0.2) is 0 Å². The molecule has 5 heteroatoms. The van der Waals surface area contributed by atoms with Gasteiger partial charge in [0, 0.05) is 17.8 Å². The highest BCUT2D eigenvalue weighted by Crippen LogP contribution is 2.29. The molecule has 0 rings (SSSR count). The Kier molecular flexibility index (Phi) is 6.13. The van der Waals surface area contributed by atoms with Gasteiger partial charge in [-0.3, -0.25) is 10.1 Å². The fourth-order valence-electron chi connectivity index (χ4n) is 2.09. The topological polar surface area (TPSA) is 69.4 Å². The summed E-state index contributed by atoms with van der Waals surface area (Å²) in [5, 5.41) is 11.3. The number of carbonyl (C=O) groups excluding carboxylic acids is 1. The molecule has 0 aliphatic carbocycles. The summed E-state index contributed by atoms with van der Waals surface area (Å²) in [7, 11) is 0. The highest BCUT2D eigenvalue weighted by Gasteiger charge is 2.52. The molecule has 5 nitrogen and oxygen atoms in total. The van der Waals surface area contributed by atoms with Crippen molar-refractivity contribution < 1.29 is 14.5 Å². The Balaban J connectivity index is 5.23. The molecule has 0 saturated carbocycles. The number of ether oxygens (including phenoxy) is 1. The third-order valence-corrected chi connectivity index (χ3v) is 2.50. The van der Waals surface area contributed by atoms with Crippen molar-refractivity contribution in [3.63, 3.8) is 0 Å². The molecule has 0 unspecified atom stereocenters. The first-order valence-electron chi connectivity index (χ1n) is 6.08. The number of carbonyl (C=O) groups is 1. The second-order valence-electron chi connectivity index (χ2n) is 5.21. The van der Waals surface area contributed by atoms with E-state index >= 15 is 0 Å². The summed E-state index contributed by atoms with van der Waals surface area (Å²) in [5.74, 6) is -0.556. The maximum Gasteiger partial charge on any atom is 0.384 e. The van der Waals surface area contributed by atoms with Crippen LogP contribution in [-0.2, 0) is 9.53 Å². The fraction of sp³-hybridized carbons (Fsp3) is 0.917. The van der Waals surface area contributed by atoms with Gasteiger partial charge in [-0.1, -0.05) is 27.7 Å². The van der Waals surface area contributed by atoms with Crippen molar-refractivity contribution in [1.82, 2.24) is 0 Å². The molecule has 0 aromatic carbocycles. The minimum Gasteiger partial charge on any atom is -0.461 e. The highest BCUT2D eigenvalue weighted by molar-refractivity contribution is 5.79. The van der Waals surface area contributed by atoms with E-state index in [4.69, 9.17) is 4.74 Å². The van der Waals surface area contributed by atoms with E-state index in [-0.39, 0.29) is 31.3 Å². The third-order valence-electron chi connectivity index (χ3n) is 2.50. The van der Waals surface area contributed by atoms with E-state index in [0.717, 1.165) is 0 Å². The summed E-state index contributed by atoms with van der Waals surface area (Å²) in [4.78, 5) is 22.8. The Morgan fingerprint density at radius 1 is 1.24 bits per heavy atom. The average molecular weight is 245 g/mol. The van der Waals surface area contributed by atoms with Crippen LogP contribution in [-0.4, -0.2) is 23.0 Å². The number of nitro groups is 1. The molecule has 0 aromatic heterocycles. The van der Waals surface area contributed by atoms with Crippen molar-refractivity contribution in [3.05, 3.63) is 10.1 Å². The Labute approximate surface area is 103 Å². The molecule has 0 saturated heterocycles. The summed E-state index contributed by atoms with van der Waals surface area (Å²) in [5.41, 5.74) is -1.58. The van der Waals surface area contributed by atoms with Crippen LogP contribution in [0.2, 0.25) is 0 Å². The monoisotopic (exact) mass is 245 g/mol. The molecule has 0 aliphatic heterocycles. The van der Waals surface area contributed by atoms with E-state index in [1.165, 1.54) is 0 Å². The number of esters is 1. The van der Waals surface area contributed by atoms with Gasteiger partial charge < -0.3 is 4.74 Å². The zero-order valence-corrected chi connectivity index (χ0v) is 11.4. The van der Waals surface area contributed by atoms with E-state index in [1.54, 1.807) is 6.92 Å². The molecule has 0 spiro atoms. The van der Waals surface area contributed by atoms with Gasteiger partial charge in [0.15, 0.2) is 0 Å². The maximum absolute atomic E-state index is 11.9. The van der Waals surface area contributed by atoms with Crippen molar-refractivity contribution in [2.75, 3.05) is 6.61 Å². The Morgan fingerprint density at radius 3 is 1.88 bits per heavy atom. The van der Waals surface area contributed by atoms with E-state index in [2.05, 4.69) is 0 Å². The first-order chi connectivity index (χ1) is 7.76. The number of hydrogen-bond acceptors (Lipinski definition) is 4. The van der Waals surface area contributed by atoms with Crippen LogP contribution in [0.25, 0.3) is 0 Å². The van der Waals surface area contributed by atoms with Crippen LogP contribution in [0.4, 0.5) is 0 Å². The number of nitrogens with zero attached hydrogens (tertiary/aromatic N) is 1. The lowest BCUT2D eigenvalue weighted by Gasteiger charge is -2.26. The van der Waals surface area contributed by atoms with E-state index in [0.29, 0.717) is 0 Å². The molecule has 0 fully saturated rings. The molecule has 100 valence electrons. The van der Waals surface area contributed by atoms with Gasteiger partial charge in [0.1, 0.15) is 0 Å². The smallest absolute Gasteiger partial charge is 0.384 e. The lowest BCUT2D eigenvalue weighted by atomic mass is 9.82. The molecule has 17 heavy (non-hydrogen) atoms. The van der Waals surface area contributed by atoms with Crippen molar-refractivity contribution in [3.8, 4) is 0 Å². The molecule has 0 bridgehead atoms. The average Bonchev–Trinajstić information content (AvgIpc) is 2.14. The number of rotatable bonds is 7. The molecular formula is C12H23NO4. The van der Waals surface area contributed by atoms with Gasteiger partial charge in [-0.25, -0.2) is 4.79 Å². The van der Waals surface area contributed by atoms with E-state index in [1.807, 2.05) is 27.7 Å². The van der Waals surface area contributed by atoms with Gasteiger partial charge in [-0.2, -0.15) is 0 Å². The fourth-order valence-corrected chi connectivity index (χ4v) is 2.09. The van der Waals surface area contributed by atoms with Crippen LogP contribution in [0.1, 0.15) is 47.5 Å². The summed E-state index contributed by atoms with van der Waals surface area (Å²) in [6.45, 7) is 9.32. The first kappa shape index (κ1) is 15.9. The predicted octanol–water partition coefficient (Wildman–Crippen LogP) is 2.66. The minimum absolute atomic E-state index is 0.0727. The quantitative estimate of drug-likeness (QED) is 0.393. The van der Waals surface area contributed by atoms with Crippen LogP contribution in [0, 0.1) is 22.0 Å². The zero-order valence-electron chi connectivity index (χ0n) is 11.4. The van der Waals surface area contributed by atoms with Crippen LogP contribution in [0.3, 0.4) is 0 Å². The molecule has 0 heterocycles. The van der Waals surface area contributed by atoms with Crippen LogP contribution < -0.4 is 0 Å². The van der Waals surface area contributed by atoms with Crippen LogP contribution >= 0.6 is 0 Å². The van der Waals surface area contributed by atoms with Crippen molar-refractivity contribution in [2.45, 2.75) is 53.0 Å². The third kappa shape index (κ3) is 4.32. The number of hydrogen-bond donors (Lipinski definition) is 0. The van der Waals surface area contributed by atoms with Crippen molar-refractivity contribution in [2.24, 2.45) is 11.8 Å². The minimum atomic E-state index is -1.58. The Morgan fingerprint density at radius 2 is 1.65 bits per heavy atom. The molecule has 0 aromatic rings. The van der Waals surface area contributed by atoms with Gasteiger partial charge in [0.05, 0.1) is 6.61 Å². The predicted molar refractivity (Wildman–Crippen MR) is 65.3 cm³/mol. The maximum atomic E-state index is 11.9. The summed E-state index contributed by atoms with van der Waals surface area (Å²) < 4.78 is 4.89. The second kappa shape index (κ2) is 6.57. The summed E-state index contributed by atoms with van der Waals surface area (Å²) >= 11 is 0. The first-order valence-corrected chi connectivity index (χ1v) is 6.08. The van der Waals surface area contributed by atoms with Gasteiger partial charge in [-0.15, -0.1) is 0 Å². The van der Waals surface area contributed by atoms with E-state index < -0.39 is 16.4 Å². The summed E-state index contributed by atoms with van der Waals surface area (Å²) in [6.07, 6.45) is 0.439. The van der Waals surface area contributed by atoms with Gasteiger partial charge in [0.2, 0.25) is 0 Å². The van der Waals surface area contributed by atoms with Gasteiger partial charge in [-0.05, 0) is 18.8 Å². The van der Waals surface area contributed by atoms with Crippen molar-refractivity contribution in [1.29, 1.82) is 0 Å². The van der Waals surface area contributed by atoms with Crippen molar-refractivity contribution >= 4 is 5.97 Å². The lowest BCUT2D eigenvalue weighted by Crippen LogP contribution is -2.49. The zero-order chi connectivity index (χ0) is 13.6. The Hall–Kier alpha value is -1.13. The molecular weight excluding hydrogens is 222 g/mol.